The number of amides is 2. The van der Waals surface area contributed by atoms with Gasteiger partial charge in [-0.3, -0.25) is 9.59 Å². The van der Waals surface area contributed by atoms with Crippen LogP contribution < -0.4 is 10.6 Å². The molecule has 92 valence electrons. The van der Waals surface area contributed by atoms with E-state index in [0.717, 1.165) is 0 Å². The number of nitrogens with one attached hydrogen (secondary N) is 2. The maximum atomic E-state index is 12.3. The van der Waals surface area contributed by atoms with E-state index in [1.54, 1.807) is 25.8 Å². The molecule has 1 aliphatic rings. The zero-order valence-electron chi connectivity index (χ0n) is 10.7. The third-order valence-electron chi connectivity index (χ3n) is 3.26. The molecule has 0 bridgehead atoms. The first-order chi connectivity index (χ1) is 7.23. The number of rotatable bonds is 2. The monoisotopic (exact) mass is 227 g/mol. The molecular weight excluding hydrogens is 206 g/mol. The Kier molecular flexibility index (Phi) is 3.28. The van der Waals surface area contributed by atoms with Crippen molar-refractivity contribution < 1.29 is 9.59 Å². The van der Waals surface area contributed by atoms with Gasteiger partial charge < -0.3 is 15.5 Å². The van der Waals surface area contributed by atoms with Crippen LogP contribution in [0, 0.1) is 0 Å². The summed E-state index contributed by atoms with van der Waals surface area (Å²) in [6.07, 6.45) is 0. The normalized spacial score (nSPS) is 20.6. The number of carbonyl (C=O) groups excluding carboxylic acids is 2. The lowest BCUT2D eigenvalue weighted by molar-refractivity contribution is -0.152. The lowest BCUT2D eigenvalue weighted by Gasteiger charge is -2.44. The molecule has 0 saturated carbocycles. The molecule has 5 nitrogen and oxygen atoms in total. The van der Waals surface area contributed by atoms with Crippen LogP contribution in [0.15, 0.2) is 0 Å². The highest BCUT2D eigenvalue weighted by molar-refractivity contribution is 5.94. The first-order valence-electron chi connectivity index (χ1n) is 5.53. The number of carbonyl (C=O) groups is 2. The van der Waals surface area contributed by atoms with Gasteiger partial charge in [0.25, 0.3) is 0 Å². The van der Waals surface area contributed by atoms with Crippen LogP contribution in [-0.2, 0) is 9.59 Å². The molecule has 16 heavy (non-hydrogen) atoms. The summed E-state index contributed by atoms with van der Waals surface area (Å²) in [6.45, 7) is 8.25. The Balaban J connectivity index is 2.95. The maximum Gasteiger partial charge on any atom is 0.245 e. The van der Waals surface area contributed by atoms with E-state index in [4.69, 9.17) is 0 Å². The number of hydrogen-bond donors (Lipinski definition) is 2. The summed E-state index contributed by atoms with van der Waals surface area (Å²) in [5, 5.41) is 5.74. The Morgan fingerprint density at radius 3 is 2.56 bits per heavy atom. The van der Waals surface area contributed by atoms with Crippen LogP contribution in [0.2, 0.25) is 0 Å². The second-order valence-electron chi connectivity index (χ2n) is 5.15. The third-order valence-corrected chi connectivity index (χ3v) is 3.26. The summed E-state index contributed by atoms with van der Waals surface area (Å²) >= 11 is 0. The molecule has 1 fully saturated rings. The molecule has 0 aromatic heterocycles. The average Bonchev–Trinajstić information content (AvgIpc) is 2.21. The molecule has 2 N–H and O–H groups in total. The van der Waals surface area contributed by atoms with Gasteiger partial charge in [-0.25, -0.2) is 0 Å². The predicted molar refractivity (Wildman–Crippen MR) is 61.9 cm³/mol. The molecule has 0 atom stereocenters. The molecule has 0 aromatic rings. The number of piperazine rings is 1. The molecule has 0 spiro atoms. The molecule has 5 heteroatoms. The zero-order chi connectivity index (χ0) is 12.6. The first kappa shape index (κ1) is 13.0. The summed E-state index contributed by atoms with van der Waals surface area (Å²) in [7, 11) is 1.74. The lowest BCUT2D eigenvalue weighted by atomic mass is 9.94. The first-order valence-corrected chi connectivity index (χ1v) is 5.53. The lowest BCUT2D eigenvalue weighted by Crippen LogP contribution is -2.67. The molecule has 1 rings (SSSR count). The van der Waals surface area contributed by atoms with Crippen molar-refractivity contribution in [3.8, 4) is 0 Å². The third kappa shape index (κ3) is 2.04. The Morgan fingerprint density at radius 2 is 2.06 bits per heavy atom. The molecule has 1 aliphatic heterocycles. The topological polar surface area (TPSA) is 61.4 Å². The van der Waals surface area contributed by atoms with Gasteiger partial charge in [0.1, 0.15) is 5.54 Å². The Labute approximate surface area is 96.6 Å². The largest absolute Gasteiger partial charge is 0.352 e. The molecule has 2 amide bonds. The highest BCUT2D eigenvalue weighted by Crippen LogP contribution is 2.21. The smallest absolute Gasteiger partial charge is 0.245 e. The SMILES string of the molecule is CNC(C)(C)C(=O)N1CCNC(=O)C1(C)C. The van der Waals surface area contributed by atoms with Crippen LogP contribution in [0.25, 0.3) is 0 Å². The van der Waals surface area contributed by atoms with E-state index in [1.807, 2.05) is 13.8 Å². The van der Waals surface area contributed by atoms with E-state index >= 15 is 0 Å². The van der Waals surface area contributed by atoms with Gasteiger partial charge in [0.2, 0.25) is 11.8 Å². The number of nitrogens with zero attached hydrogens (tertiary/aromatic N) is 1. The maximum absolute atomic E-state index is 12.3. The van der Waals surface area contributed by atoms with Crippen LogP contribution in [0.4, 0.5) is 0 Å². The van der Waals surface area contributed by atoms with Crippen LogP contribution >= 0.6 is 0 Å². The van der Waals surface area contributed by atoms with Crippen molar-refractivity contribution >= 4 is 11.8 Å². The zero-order valence-corrected chi connectivity index (χ0v) is 10.7. The summed E-state index contributed by atoms with van der Waals surface area (Å²) < 4.78 is 0. The van der Waals surface area contributed by atoms with E-state index in [1.165, 1.54) is 0 Å². The Hall–Kier alpha value is -1.10. The molecule has 0 radical (unpaired) electrons. The van der Waals surface area contributed by atoms with Gasteiger partial charge in [-0.15, -0.1) is 0 Å². The van der Waals surface area contributed by atoms with E-state index in [2.05, 4.69) is 10.6 Å². The van der Waals surface area contributed by atoms with Crippen LogP contribution in [0.5, 0.6) is 0 Å². The second kappa shape index (κ2) is 4.05. The van der Waals surface area contributed by atoms with Crippen LogP contribution in [0.1, 0.15) is 27.7 Å². The van der Waals surface area contributed by atoms with E-state index in [-0.39, 0.29) is 11.8 Å². The molecule has 0 aliphatic carbocycles. The molecular formula is C11H21N3O2. The highest BCUT2D eigenvalue weighted by atomic mass is 16.2. The number of likely N-dealkylation sites (N-methyl/N-ethyl adjacent to an activating group) is 1. The minimum Gasteiger partial charge on any atom is -0.352 e. The Bertz CT molecular complexity index is 310. The van der Waals surface area contributed by atoms with Gasteiger partial charge in [-0.1, -0.05) is 0 Å². The summed E-state index contributed by atoms with van der Waals surface area (Å²) in [5.74, 6) is -0.145. The van der Waals surface area contributed by atoms with Gasteiger partial charge in [0.15, 0.2) is 0 Å². The summed E-state index contributed by atoms with van der Waals surface area (Å²) in [4.78, 5) is 25.7. The van der Waals surface area contributed by atoms with Crippen molar-refractivity contribution in [3.63, 3.8) is 0 Å². The van der Waals surface area contributed by atoms with E-state index < -0.39 is 11.1 Å². The Morgan fingerprint density at radius 1 is 1.50 bits per heavy atom. The quantitative estimate of drug-likeness (QED) is 0.682. The second-order valence-corrected chi connectivity index (χ2v) is 5.15. The molecule has 0 unspecified atom stereocenters. The van der Waals surface area contributed by atoms with E-state index in [0.29, 0.717) is 13.1 Å². The van der Waals surface area contributed by atoms with Crippen molar-refractivity contribution in [2.75, 3.05) is 20.1 Å². The number of hydrogen-bond acceptors (Lipinski definition) is 3. The van der Waals surface area contributed by atoms with Crippen LogP contribution in [0.3, 0.4) is 0 Å². The average molecular weight is 227 g/mol. The van der Waals surface area contributed by atoms with Gasteiger partial charge in [0.05, 0.1) is 5.54 Å². The van der Waals surface area contributed by atoms with Crippen molar-refractivity contribution in [2.24, 2.45) is 0 Å². The molecule has 1 saturated heterocycles. The summed E-state index contributed by atoms with van der Waals surface area (Å²) in [5.41, 5.74) is -1.42. The minimum absolute atomic E-state index is 0.0464. The van der Waals surface area contributed by atoms with Crippen LogP contribution in [-0.4, -0.2) is 47.9 Å². The predicted octanol–water partition coefficient (Wildman–Crippen LogP) is -0.279. The van der Waals surface area contributed by atoms with Gasteiger partial charge in [0, 0.05) is 13.1 Å². The minimum atomic E-state index is -0.774. The van der Waals surface area contributed by atoms with Crippen molar-refractivity contribution in [1.29, 1.82) is 0 Å². The van der Waals surface area contributed by atoms with Crippen molar-refractivity contribution in [2.45, 2.75) is 38.8 Å². The fourth-order valence-corrected chi connectivity index (χ4v) is 1.70. The standard InChI is InChI=1S/C11H21N3O2/c1-10(2,12-5)9(16)14-7-6-13-8(15)11(14,3)4/h12H,6-7H2,1-5H3,(H,13,15). The van der Waals surface area contributed by atoms with Gasteiger partial charge in [-0.2, -0.15) is 0 Å². The van der Waals surface area contributed by atoms with Crippen molar-refractivity contribution in [3.05, 3.63) is 0 Å². The van der Waals surface area contributed by atoms with Gasteiger partial charge >= 0.3 is 0 Å². The van der Waals surface area contributed by atoms with Crippen molar-refractivity contribution in [1.82, 2.24) is 15.5 Å². The molecule has 0 aromatic carbocycles. The fourth-order valence-electron chi connectivity index (χ4n) is 1.70. The highest BCUT2D eigenvalue weighted by Gasteiger charge is 2.44. The summed E-state index contributed by atoms with van der Waals surface area (Å²) in [6, 6.07) is 0. The van der Waals surface area contributed by atoms with E-state index in [9.17, 15) is 9.59 Å². The van der Waals surface area contributed by atoms with Gasteiger partial charge in [-0.05, 0) is 34.7 Å². The fraction of sp³-hybridized carbons (Fsp3) is 0.818. The molecule has 1 heterocycles.